The van der Waals surface area contributed by atoms with Crippen LogP contribution in [0, 0.1) is 5.82 Å². The molecule has 0 amide bonds. The van der Waals surface area contributed by atoms with Gasteiger partial charge in [0.15, 0.2) is 5.78 Å². The molecule has 2 aromatic carbocycles. The van der Waals surface area contributed by atoms with Crippen LogP contribution < -0.4 is 4.72 Å². The van der Waals surface area contributed by atoms with E-state index in [1.54, 1.807) is 49.4 Å². The molecule has 1 heterocycles. The van der Waals surface area contributed by atoms with E-state index in [1.807, 2.05) is 0 Å². The van der Waals surface area contributed by atoms with Crippen molar-refractivity contribution in [2.75, 3.05) is 10.5 Å². The molecule has 0 radical (unpaired) electrons. The highest BCUT2D eigenvalue weighted by molar-refractivity contribution is 7.92. The van der Waals surface area contributed by atoms with Crippen molar-refractivity contribution in [3.8, 4) is 11.3 Å². The van der Waals surface area contributed by atoms with Gasteiger partial charge in [0, 0.05) is 16.8 Å². The molecule has 0 fully saturated rings. The number of ketones is 1. The zero-order chi connectivity index (χ0) is 20.1. The summed E-state index contributed by atoms with van der Waals surface area (Å²) in [6, 6.07) is 15.5. The van der Waals surface area contributed by atoms with E-state index in [2.05, 4.69) is 4.72 Å². The molecule has 0 spiro atoms. The predicted molar refractivity (Wildman–Crippen MR) is 107 cm³/mol. The second-order valence-electron chi connectivity index (χ2n) is 5.99. The average Bonchev–Trinajstić information content (AvgIpc) is 3.16. The lowest BCUT2D eigenvalue weighted by molar-refractivity contribution is 0.104. The minimum atomic E-state index is -3.36. The number of carbonyl (C=O) groups excluding carboxylic acids is 1. The van der Waals surface area contributed by atoms with Crippen LogP contribution in [0.15, 0.2) is 71.2 Å². The smallest absolute Gasteiger partial charge is 0.232 e. The summed E-state index contributed by atoms with van der Waals surface area (Å²) in [4.78, 5) is 12.3. The van der Waals surface area contributed by atoms with Crippen LogP contribution in [0.5, 0.6) is 0 Å². The van der Waals surface area contributed by atoms with Gasteiger partial charge in [-0.2, -0.15) is 0 Å². The van der Waals surface area contributed by atoms with Crippen LogP contribution in [0.4, 0.5) is 10.1 Å². The fraction of sp³-hybridized carbons (Fsp3) is 0.0952. The largest absolute Gasteiger partial charge is 0.457 e. The molecule has 5 nitrogen and oxygen atoms in total. The van der Waals surface area contributed by atoms with E-state index >= 15 is 0 Å². The Hall–Kier alpha value is -3.19. The first-order valence-electron chi connectivity index (χ1n) is 8.55. The molecule has 28 heavy (non-hydrogen) atoms. The van der Waals surface area contributed by atoms with Crippen molar-refractivity contribution >= 4 is 27.6 Å². The number of nitrogens with one attached hydrogen (secondary N) is 1. The average molecular weight is 399 g/mol. The Morgan fingerprint density at radius 2 is 1.71 bits per heavy atom. The van der Waals surface area contributed by atoms with Gasteiger partial charge in [-0.15, -0.1) is 0 Å². The first kappa shape index (κ1) is 19.6. The molecular formula is C21H18FNO4S. The van der Waals surface area contributed by atoms with Crippen LogP contribution in [0.25, 0.3) is 17.4 Å². The van der Waals surface area contributed by atoms with Gasteiger partial charge in [-0.05, 0) is 79.7 Å². The van der Waals surface area contributed by atoms with Crippen molar-refractivity contribution in [3.05, 3.63) is 83.9 Å². The van der Waals surface area contributed by atoms with Crippen molar-refractivity contribution in [2.24, 2.45) is 0 Å². The summed E-state index contributed by atoms with van der Waals surface area (Å²) in [6.45, 7) is 1.54. The van der Waals surface area contributed by atoms with Gasteiger partial charge >= 0.3 is 0 Å². The van der Waals surface area contributed by atoms with Crippen LogP contribution in [-0.4, -0.2) is 20.0 Å². The summed E-state index contributed by atoms with van der Waals surface area (Å²) in [7, 11) is -3.36. The highest BCUT2D eigenvalue weighted by Gasteiger charge is 2.08. The van der Waals surface area contributed by atoms with Gasteiger partial charge in [0.2, 0.25) is 10.0 Å². The van der Waals surface area contributed by atoms with Gasteiger partial charge in [-0.1, -0.05) is 0 Å². The number of carbonyl (C=O) groups is 1. The second-order valence-corrected chi connectivity index (χ2v) is 8.00. The molecule has 0 aliphatic rings. The number of furan rings is 1. The van der Waals surface area contributed by atoms with Crippen LogP contribution in [0.2, 0.25) is 0 Å². The molecule has 0 atom stereocenters. The standard InChI is InChI=1S/C21H18FNO4S/c1-2-28(25,26)23-18-9-5-15(6-10-18)20(24)13-11-19-12-14-21(27-19)16-3-7-17(22)8-4-16/h3-14,23H,2H2,1H3/b13-11+. The molecule has 1 aromatic heterocycles. The van der Waals surface area contributed by atoms with E-state index in [9.17, 15) is 17.6 Å². The lowest BCUT2D eigenvalue weighted by atomic mass is 10.1. The minimum Gasteiger partial charge on any atom is -0.457 e. The highest BCUT2D eigenvalue weighted by Crippen LogP contribution is 2.23. The first-order valence-corrected chi connectivity index (χ1v) is 10.2. The topological polar surface area (TPSA) is 76.4 Å². The normalized spacial score (nSPS) is 11.6. The lowest BCUT2D eigenvalue weighted by Crippen LogP contribution is -2.14. The Morgan fingerprint density at radius 3 is 2.36 bits per heavy atom. The number of halogens is 1. The molecule has 3 rings (SSSR count). The summed E-state index contributed by atoms with van der Waals surface area (Å²) >= 11 is 0. The van der Waals surface area contributed by atoms with E-state index in [0.29, 0.717) is 22.8 Å². The molecule has 144 valence electrons. The SMILES string of the molecule is CCS(=O)(=O)Nc1ccc(C(=O)/C=C/c2ccc(-c3ccc(F)cc3)o2)cc1. The summed E-state index contributed by atoms with van der Waals surface area (Å²) in [6.07, 6.45) is 2.92. The predicted octanol–water partition coefficient (Wildman–Crippen LogP) is 4.74. The van der Waals surface area contributed by atoms with E-state index < -0.39 is 10.0 Å². The van der Waals surface area contributed by atoms with Crippen molar-refractivity contribution < 1.29 is 22.0 Å². The zero-order valence-corrected chi connectivity index (χ0v) is 15.9. The third kappa shape index (κ3) is 4.95. The van der Waals surface area contributed by atoms with E-state index in [1.165, 1.54) is 30.3 Å². The molecule has 1 N–H and O–H groups in total. The number of allylic oxidation sites excluding steroid dienone is 1. The minimum absolute atomic E-state index is 0.0283. The molecular weight excluding hydrogens is 381 g/mol. The Labute approximate surface area is 162 Å². The van der Waals surface area contributed by atoms with E-state index in [0.717, 1.165) is 5.56 Å². The summed E-state index contributed by atoms with van der Waals surface area (Å²) in [5.74, 6) is 0.457. The lowest BCUT2D eigenvalue weighted by Gasteiger charge is -2.05. The number of hydrogen-bond donors (Lipinski definition) is 1. The first-order chi connectivity index (χ1) is 13.4. The molecule has 0 aliphatic heterocycles. The Morgan fingerprint density at radius 1 is 1.04 bits per heavy atom. The van der Waals surface area contributed by atoms with E-state index in [-0.39, 0.29) is 17.4 Å². The Kier molecular flexibility index (Phi) is 5.75. The fourth-order valence-corrected chi connectivity index (χ4v) is 3.06. The van der Waals surface area contributed by atoms with Crippen molar-refractivity contribution in [1.82, 2.24) is 0 Å². The van der Waals surface area contributed by atoms with Gasteiger partial charge in [-0.25, -0.2) is 12.8 Å². The van der Waals surface area contributed by atoms with Crippen LogP contribution >= 0.6 is 0 Å². The van der Waals surface area contributed by atoms with Gasteiger partial charge in [0.1, 0.15) is 17.3 Å². The monoisotopic (exact) mass is 399 g/mol. The molecule has 0 aliphatic carbocycles. The van der Waals surface area contributed by atoms with Gasteiger partial charge in [-0.3, -0.25) is 9.52 Å². The summed E-state index contributed by atoms with van der Waals surface area (Å²) in [5, 5.41) is 0. The van der Waals surface area contributed by atoms with Gasteiger partial charge in [0.05, 0.1) is 5.75 Å². The van der Waals surface area contributed by atoms with Crippen LogP contribution in [0.1, 0.15) is 23.0 Å². The summed E-state index contributed by atoms with van der Waals surface area (Å²) in [5.41, 5.74) is 1.55. The quantitative estimate of drug-likeness (QED) is 0.460. The number of hydrogen-bond acceptors (Lipinski definition) is 4. The number of benzene rings is 2. The zero-order valence-electron chi connectivity index (χ0n) is 15.1. The van der Waals surface area contributed by atoms with Crippen molar-refractivity contribution in [3.63, 3.8) is 0 Å². The van der Waals surface area contributed by atoms with Gasteiger partial charge in [0.25, 0.3) is 0 Å². The van der Waals surface area contributed by atoms with Crippen LogP contribution in [-0.2, 0) is 10.0 Å². The molecule has 0 unspecified atom stereocenters. The second kappa shape index (κ2) is 8.22. The number of sulfonamides is 1. The Bertz CT molecular complexity index is 1100. The molecule has 0 bridgehead atoms. The molecule has 7 heteroatoms. The maximum Gasteiger partial charge on any atom is 0.232 e. The van der Waals surface area contributed by atoms with E-state index in [4.69, 9.17) is 4.42 Å². The molecule has 3 aromatic rings. The fourth-order valence-electron chi connectivity index (χ4n) is 2.42. The Balaban J connectivity index is 1.67. The number of rotatable bonds is 7. The maximum absolute atomic E-state index is 13.0. The third-order valence-corrected chi connectivity index (χ3v) is 5.28. The van der Waals surface area contributed by atoms with Crippen molar-refractivity contribution in [2.45, 2.75) is 6.92 Å². The number of anilines is 1. The maximum atomic E-state index is 13.0. The van der Waals surface area contributed by atoms with Gasteiger partial charge < -0.3 is 4.42 Å². The molecule has 0 saturated heterocycles. The van der Waals surface area contributed by atoms with Crippen molar-refractivity contribution in [1.29, 1.82) is 0 Å². The highest BCUT2D eigenvalue weighted by atomic mass is 32.2. The third-order valence-electron chi connectivity index (χ3n) is 3.98. The summed E-state index contributed by atoms with van der Waals surface area (Å²) < 4.78 is 44.2. The molecule has 0 saturated carbocycles. The van der Waals surface area contributed by atoms with Crippen LogP contribution in [0.3, 0.4) is 0 Å².